The molecule has 1 aromatic rings. The maximum Gasteiger partial charge on any atom is 0.246 e. The first kappa shape index (κ1) is 12.1. The molecule has 2 aliphatic rings. The van der Waals surface area contributed by atoms with E-state index in [4.69, 9.17) is 0 Å². The largest absolute Gasteiger partial charge is 0.329 e. The number of amides is 2. The molecule has 2 fully saturated rings. The first-order valence-corrected chi connectivity index (χ1v) is 6.69. The second-order valence-corrected chi connectivity index (χ2v) is 5.15. The lowest BCUT2D eigenvalue weighted by atomic mass is 10.1. The molecule has 0 aromatic carbocycles. The van der Waals surface area contributed by atoms with Gasteiger partial charge < -0.3 is 9.80 Å². The van der Waals surface area contributed by atoms with Crippen molar-refractivity contribution in [3.8, 4) is 0 Å². The van der Waals surface area contributed by atoms with Crippen LogP contribution in [0.2, 0.25) is 0 Å². The van der Waals surface area contributed by atoms with Gasteiger partial charge in [-0.3, -0.25) is 14.6 Å². The Morgan fingerprint density at radius 1 is 1.32 bits per heavy atom. The molecule has 1 aromatic heterocycles. The third-order valence-corrected chi connectivity index (χ3v) is 3.99. The van der Waals surface area contributed by atoms with E-state index in [2.05, 4.69) is 4.98 Å². The van der Waals surface area contributed by atoms with Crippen LogP contribution in [0.1, 0.15) is 25.5 Å². The highest BCUT2D eigenvalue weighted by Gasteiger charge is 2.45. The molecule has 2 unspecified atom stereocenters. The summed E-state index contributed by atoms with van der Waals surface area (Å²) in [7, 11) is 0. The Morgan fingerprint density at radius 2 is 2.16 bits per heavy atom. The van der Waals surface area contributed by atoms with Gasteiger partial charge in [0.15, 0.2) is 0 Å². The average Bonchev–Trinajstić information content (AvgIpc) is 2.92. The Balaban J connectivity index is 1.84. The first-order chi connectivity index (χ1) is 9.18. The van der Waals surface area contributed by atoms with Crippen LogP contribution >= 0.6 is 0 Å². The van der Waals surface area contributed by atoms with Crippen LogP contribution in [0.25, 0.3) is 0 Å². The van der Waals surface area contributed by atoms with Crippen LogP contribution in [0.3, 0.4) is 0 Å². The van der Waals surface area contributed by atoms with Crippen LogP contribution in [0, 0.1) is 0 Å². The molecule has 100 valence electrons. The standard InChI is InChI=1S/C14H17N3O2/c1-10-13(18)16-8-4-6-12(16)14(19)17(10)9-11-5-2-3-7-15-11/h2-3,5,7,10,12H,4,6,8-9H2,1H3. The number of hydrogen-bond acceptors (Lipinski definition) is 3. The zero-order chi connectivity index (χ0) is 13.4. The van der Waals surface area contributed by atoms with Crippen LogP contribution in [0.15, 0.2) is 24.4 Å². The van der Waals surface area contributed by atoms with Crippen molar-refractivity contribution in [1.82, 2.24) is 14.8 Å². The zero-order valence-corrected chi connectivity index (χ0v) is 11.0. The molecule has 0 spiro atoms. The van der Waals surface area contributed by atoms with Crippen LogP contribution in [0.5, 0.6) is 0 Å². The number of rotatable bonds is 2. The van der Waals surface area contributed by atoms with Crippen molar-refractivity contribution in [3.63, 3.8) is 0 Å². The van der Waals surface area contributed by atoms with E-state index in [-0.39, 0.29) is 23.9 Å². The summed E-state index contributed by atoms with van der Waals surface area (Å²) >= 11 is 0. The topological polar surface area (TPSA) is 53.5 Å². The van der Waals surface area contributed by atoms with Crippen LogP contribution < -0.4 is 0 Å². The third kappa shape index (κ3) is 1.99. The number of carbonyl (C=O) groups excluding carboxylic acids is 2. The highest BCUT2D eigenvalue weighted by molar-refractivity contribution is 5.97. The molecule has 3 heterocycles. The van der Waals surface area contributed by atoms with E-state index in [0.29, 0.717) is 6.54 Å². The van der Waals surface area contributed by atoms with E-state index in [1.54, 1.807) is 22.9 Å². The van der Waals surface area contributed by atoms with Gasteiger partial charge in [0.05, 0.1) is 12.2 Å². The molecule has 5 nitrogen and oxygen atoms in total. The molecule has 0 saturated carbocycles. The highest BCUT2D eigenvalue weighted by atomic mass is 16.2. The molecule has 0 radical (unpaired) electrons. The summed E-state index contributed by atoms with van der Waals surface area (Å²) in [4.78, 5) is 32.4. The summed E-state index contributed by atoms with van der Waals surface area (Å²) in [6.07, 6.45) is 3.42. The van der Waals surface area contributed by atoms with Gasteiger partial charge in [0.2, 0.25) is 11.8 Å². The molecule has 2 atom stereocenters. The summed E-state index contributed by atoms with van der Waals surface area (Å²) in [5, 5.41) is 0. The van der Waals surface area contributed by atoms with Crippen molar-refractivity contribution in [2.24, 2.45) is 0 Å². The fourth-order valence-corrected chi connectivity index (χ4v) is 2.92. The van der Waals surface area contributed by atoms with Crippen molar-refractivity contribution in [1.29, 1.82) is 0 Å². The van der Waals surface area contributed by atoms with Gasteiger partial charge in [0.25, 0.3) is 0 Å². The quantitative estimate of drug-likeness (QED) is 0.789. The van der Waals surface area contributed by atoms with E-state index in [0.717, 1.165) is 25.1 Å². The summed E-state index contributed by atoms with van der Waals surface area (Å²) in [5.74, 6) is 0.133. The Bertz CT molecular complexity index is 503. The Hall–Kier alpha value is -1.91. The fraction of sp³-hybridized carbons (Fsp3) is 0.500. The molecule has 5 heteroatoms. The number of hydrogen-bond donors (Lipinski definition) is 0. The highest BCUT2D eigenvalue weighted by Crippen LogP contribution is 2.27. The van der Waals surface area contributed by atoms with Gasteiger partial charge in [-0.15, -0.1) is 0 Å². The van der Waals surface area contributed by atoms with Crippen LogP contribution in [-0.2, 0) is 16.1 Å². The van der Waals surface area contributed by atoms with E-state index < -0.39 is 0 Å². The number of piperazine rings is 1. The predicted molar refractivity (Wildman–Crippen MR) is 69.0 cm³/mol. The van der Waals surface area contributed by atoms with Gasteiger partial charge in [0.1, 0.15) is 12.1 Å². The van der Waals surface area contributed by atoms with Gasteiger partial charge in [-0.25, -0.2) is 0 Å². The molecular formula is C14H17N3O2. The second-order valence-electron chi connectivity index (χ2n) is 5.15. The van der Waals surface area contributed by atoms with Gasteiger partial charge in [-0.1, -0.05) is 6.07 Å². The van der Waals surface area contributed by atoms with Crippen molar-refractivity contribution in [2.75, 3.05) is 6.54 Å². The first-order valence-electron chi connectivity index (χ1n) is 6.69. The molecule has 19 heavy (non-hydrogen) atoms. The Morgan fingerprint density at radius 3 is 2.89 bits per heavy atom. The molecule has 2 amide bonds. The number of fused-ring (bicyclic) bond motifs is 1. The summed E-state index contributed by atoms with van der Waals surface area (Å²) in [5.41, 5.74) is 0.821. The maximum absolute atomic E-state index is 12.5. The van der Waals surface area contributed by atoms with E-state index in [9.17, 15) is 9.59 Å². The average molecular weight is 259 g/mol. The summed E-state index contributed by atoms with van der Waals surface area (Å²) in [6, 6.07) is 4.99. The SMILES string of the molecule is CC1C(=O)N2CCCC2C(=O)N1Cc1ccccn1. The monoisotopic (exact) mass is 259 g/mol. The zero-order valence-electron chi connectivity index (χ0n) is 11.0. The second kappa shape index (κ2) is 4.64. The van der Waals surface area contributed by atoms with Crippen LogP contribution in [0.4, 0.5) is 0 Å². The fourth-order valence-electron chi connectivity index (χ4n) is 2.92. The molecule has 0 aliphatic carbocycles. The molecular weight excluding hydrogens is 242 g/mol. The minimum absolute atomic E-state index is 0.0650. The van der Waals surface area contributed by atoms with Crippen molar-refractivity contribution in [2.45, 2.75) is 38.4 Å². The van der Waals surface area contributed by atoms with E-state index in [1.807, 2.05) is 18.2 Å². The molecule has 2 aliphatic heterocycles. The minimum atomic E-state index is -0.385. The number of nitrogens with zero attached hydrogens (tertiary/aromatic N) is 3. The summed E-state index contributed by atoms with van der Waals surface area (Å²) in [6.45, 7) is 2.94. The molecule has 3 rings (SSSR count). The Kier molecular flexibility index (Phi) is 2.97. The molecule has 2 saturated heterocycles. The van der Waals surface area contributed by atoms with Gasteiger partial charge in [0, 0.05) is 12.7 Å². The van der Waals surface area contributed by atoms with Gasteiger partial charge in [-0.2, -0.15) is 0 Å². The van der Waals surface area contributed by atoms with Crippen molar-refractivity contribution in [3.05, 3.63) is 30.1 Å². The van der Waals surface area contributed by atoms with E-state index in [1.165, 1.54) is 0 Å². The maximum atomic E-state index is 12.5. The van der Waals surface area contributed by atoms with Crippen molar-refractivity contribution >= 4 is 11.8 Å². The number of aromatic nitrogens is 1. The third-order valence-electron chi connectivity index (χ3n) is 3.99. The molecule has 0 bridgehead atoms. The number of pyridine rings is 1. The normalized spacial score (nSPS) is 26.8. The van der Waals surface area contributed by atoms with Crippen LogP contribution in [-0.4, -0.2) is 45.2 Å². The lowest BCUT2D eigenvalue weighted by Crippen LogP contribution is -2.61. The lowest BCUT2D eigenvalue weighted by molar-refractivity contribution is -0.159. The Labute approximate surface area is 112 Å². The van der Waals surface area contributed by atoms with E-state index >= 15 is 0 Å². The predicted octanol–water partition coefficient (Wildman–Crippen LogP) is 0.803. The molecule has 0 N–H and O–H groups in total. The van der Waals surface area contributed by atoms with Crippen molar-refractivity contribution < 1.29 is 9.59 Å². The lowest BCUT2D eigenvalue weighted by Gasteiger charge is -2.40. The minimum Gasteiger partial charge on any atom is -0.329 e. The smallest absolute Gasteiger partial charge is 0.246 e. The van der Waals surface area contributed by atoms with Gasteiger partial charge in [-0.05, 0) is 31.9 Å². The summed E-state index contributed by atoms with van der Waals surface area (Å²) < 4.78 is 0. The number of carbonyl (C=O) groups is 2. The van der Waals surface area contributed by atoms with Gasteiger partial charge >= 0.3 is 0 Å².